The fraction of sp³-hybridized carbons (Fsp3) is 0.214. The van der Waals surface area contributed by atoms with Gasteiger partial charge >= 0.3 is 0 Å². The number of hydrogen-bond donors (Lipinski definition) is 1. The van der Waals surface area contributed by atoms with Crippen LogP contribution in [0.4, 0.5) is 0 Å². The van der Waals surface area contributed by atoms with E-state index in [0.717, 1.165) is 23.7 Å². The highest BCUT2D eigenvalue weighted by molar-refractivity contribution is 7.15. The molecule has 0 aliphatic heterocycles. The highest BCUT2D eigenvalue weighted by Gasteiger charge is 2.02. The third-order valence-corrected chi connectivity index (χ3v) is 3.80. The number of hydrogen-bond acceptors (Lipinski definition) is 3. The van der Waals surface area contributed by atoms with Gasteiger partial charge in [0.25, 0.3) is 0 Å². The fourth-order valence-electron chi connectivity index (χ4n) is 1.99. The number of rotatable bonds is 4. The number of imidazole rings is 1. The molecule has 3 nitrogen and oxygen atoms in total. The number of nitrogens with one attached hydrogen (secondary N) is 1. The van der Waals surface area contributed by atoms with E-state index in [1.165, 1.54) is 11.1 Å². The smallest absolute Gasteiger partial charge is 0.193 e. The van der Waals surface area contributed by atoms with E-state index < -0.39 is 0 Å². The van der Waals surface area contributed by atoms with E-state index in [1.807, 2.05) is 11.6 Å². The summed E-state index contributed by atoms with van der Waals surface area (Å²) in [6.07, 6.45) is 4.12. The van der Waals surface area contributed by atoms with Crippen LogP contribution in [-0.4, -0.2) is 9.38 Å². The van der Waals surface area contributed by atoms with Gasteiger partial charge in [-0.3, -0.25) is 4.40 Å². The standard InChI is InChI=1S/C14H15N3S/c1-11-4-2-3-5-12(11)8-15-9-13-10-17-6-7-18-14(17)16-13/h2-7,10,15H,8-9H2,1H3. The normalized spacial score (nSPS) is 11.2. The van der Waals surface area contributed by atoms with Crippen LogP contribution >= 0.6 is 11.3 Å². The van der Waals surface area contributed by atoms with Crippen molar-refractivity contribution in [2.24, 2.45) is 0 Å². The molecule has 0 saturated carbocycles. The zero-order valence-corrected chi connectivity index (χ0v) is 11.1. The van der Waals surface area contributed by atoms with Crippen LogP contribution in [0.3, 0.4) is 0 Å². The number of fused-ring (bicyclic) bond motifs is 1. The largest absolute Gasteiger partial charge is 0.307 e. The molecule has 1 aromatic carbocycles. The quantitative estimate of drug-likeness (QED) is 0.778. The minimum atomic E-state index is 0.808. The molecule has 1 N–H and O–H groups in total. The molecule has 2 heterocycles. The highest BCUT2D eigenvalue weighted by Crippen LogP contribution is 2.11. The van der Waals surface area contributed by atoms with E-state index in [-0.39, 0.29) is 0 Å². The Morgan fingerprint density at radius 1 is 1.28 bits per heavy atom. The summed E-state index contributed by atoms with van der Waals surface area (Å²) in [5, 5.41) is 5.49. The lowest BCUT2D eigenvalue weighted by Crippen LogP contribution is -2.13. The maximum Gasteiger partial charge on any atom is 0.193 e. The summed E-state index contributed by atoms with van der Waals surface area (Å²) in [6.45, 7) is 3.84. The van der Waals surface area contributed by atoms with Crippen LogP contribution in [0.1, 0.15) is 16.8 Å². The molecule has 3 aromatic rings. The molecular weight excluding hydrogens is 242 g/mol. The van der Waals surface area contributed by atoms with Crippen molar-refractivity contribution in [3.05, 3.63) is 58.9 Å². The van der Waals surface area contributed by atoms with Crippen LogP contribution in [0.2, 0.25) is 0 Å². The highest BCUT2D eigenvalue weighted by atomic mass is 32.1. The Kier molecular flexibility index (Phi) is 3.13. The average Bonchev–Trinajstić information content (AvgIpc) is 2.92. The molecule has 0 unspecified atom stereocenters. The molecule has 0 fully saturated rings. The first-order valence-corrected chi connectivity index (χ1v) is 6.87. The number of nitrogens with zero attached hydrogens (tertiary/aromatic N) is 2. The van der Waals surface area contributed by atoms with Crippen LogP contribution in [0, 0.1) is 6.92 Å². The Labute approximate surface area is 110 Å². The Balaban J connectivity index is 1.62. The molecule has 0 aliphatic carbocycles. The van der Waals surface area contributed by atoms with Crippen LogP contribution < -0.4 is 5.32 Å². The maximum atomic E-state index is 4.55. The lowest BCUT2D eigenvalue weighted by Gasteiger charge is -2.05. The number of aromatic nitrogens is 2. The van der Waals surface area contributed by atoms with Crippen molar-refractivity contribution in [1.29, 1.82) is 0 Å². The molecule has 18 heavy (non-hydrogen) atoms. The molecule has 0 saturated heterocycles. The Bertz CT molecular complexity index is 625. The van der Waals surface area contributed by atoms with Crippen molar-refractivity contribution in [3.8, 4) is 0 Å². The summed E-state index contributed by atoms with van der Waals surface area (Å²) >= 11 is 1.66. The molecule has 0 bridgehead atoms. The molecule has 92 valence electrons. The van der Waals surface area contributed by atoms with Gasteiger partial charge in [-0.2, -0.15) is 0 Å². The summed E-state index contributed by atoms with van der Waals surface area (Å²) < 4.78 is 2.06. The lowest BCUT2D eigenvalue weighted by atomic mass is 10.1. The van der Waals surface area contributed by atoms with Gasteiger partial charge in [-0.15, -0.1) is 11.3 Å². The zero-order valence-electron chi connectivity index (χ0n) is 10.3. The molecule has 3 rings (SSSR count). The van der Waals surface area contributed by atoms with E-state index in [0.29, 0.717) is 0 Å². The predicted molar refractivity (Wildman–Crippen MR) is 74.8 cm³/mol. The van der Waals surface area contributed by atoms with Gasteiger partial charge in [0, 0.05) is 30.9 Å². The number of thiazole rings is 1. The molecule has 0 spiro atoms. The monoisotopic (exact) mass is 257 g/mol. The topological polar surface area (TPSA) is 29.3 Å². The zero-order chi connectivity index (χ0) is 12.4. The van der Waals surface area contributed by atoms with Crippen molar-refractivity contribution in [3.63, 3.8) is 0 Å². The summed E-state index contributed by atoms with van der Waals surface area (Å²) in [5.74, 6) is 0. The number of benzene rings is 1. The summed E-state index contributed by atoms with van der Waals surface area (Å²) in [7, 11) is 0. The third kappa shape index (κ3) is 2.30. The van der Waals surface area contributed by atoms with Gasteiger partial charge in [-0.1, -0.05) is 24.3 Å². The lowest BCUT2D eigenvalue weighted by molar-refractivity contribution is 0.680. The Hall–Kier alpha value is -1.65. The molecular formula is C14H15N3S. The Morgan fingerprint density at radius 2 is 2.17 bits per heavy atom. The molecule has 0 radical (unpaired) electrons. The van der Waals surface area contributed by atoms with Crippen molar-refractivity contribution in [2.45, 2.75) is 20.0 Å². The average molecular weight is 257 g/mol. The van der Waals surface area contributed by atoms with Crippen molar-refractivity contribution in [2.75, 3.05) is 0 Å². The first-order valence-electron chi connectivity index (χ1n) is 5.99. The maximum absolute atomic E-state index is 4.55. The first kappa shape index (κ1) is 11.4. The molecule has 2 aromatic heterocycles. The second-order valence-electron chi connectivity index (χ2n) is 4.36. The van der Waals surface area contributed by atoms with Gasteiger partial charge in [0.05, 0.1) is 5.69 Å². The summed E-state index contributed by atoms with van der Waals surface area (Å²) in [5.41, 5.74) is 3.77. The summed E-state index contributed by atoms with van der Waals surface area (Å²) in [6, 6.07) is 8.45. The third-order valence-electron chi connectivity index (χ3n) is 3.03. The first-order chi connectivity index (χ1) is 8.83. The molecule has 0 atom stereocenters. The van der Waals surface area contributed by atoms with Crippen LogP contribution in [-0.2, 0) is 13.1 Å². The van der Waals surface area contributed by atoms with Gasteiger partial charge < -0.3 is 5.32 Å². The van der Waals surface area contributed by atoms with Gasteiger partial charge in [-0.25, -0.2) is 4.98 Å². The van der Waals surface area contributed by atoms with E-state index in [2.05, 4.69) is 52.1 Å². The number of aryl methyl sites for hydroxylation is 1. The molecule has 0 aliphatic rings. The van der Waals surface area contributed by atoms with Gasteiger partial charge in [0.15, 0.2) is 4.96 Å². The van der Waals surface area contributed by atoms with Gasteiger partial charge in [0.1, 0.15) is 0 Å². The van der Waals surface area contributed by atoms with Gasteiger partial charge in [0.2, 0.25) is 0 Å². The second kappa shape index (κ2) is 4.92. The SMILES string of the molecule is Cc1ccccc1CNCc1cn2ccsc2n1. The van der Waals surface area contributed by atoms with E-state index in [4.69, 9.17) is 0 Å². The van der Waals surface area contributed by atoms with Crippen LogP contribution in [0.15, 0.2) is 42.0 Å². The van der Waals surface area contributed by atoms with Crippen LogP contribution in [0.25, 0.3) is 4.96 Å². The van der Waals surface area contributed by atoms with Crippen molar-refractivity contribution in [1.82, 2.24) is 14.7 Å². The molecule has 0 amide bonds. The van der Waals surface area contributed by atoms with Gasteiger partial charge in [-0.05, 0) is 18.1 Å². The van der Waals surface area contributed by atoms with E-state index >= 15 is 0 Å². The van der Waals surface area contributed by atoms with E-state index in [1.54, 1.807) is 11.3 Å². The van der Waals surface area contributed by atoms with Crippen molar-refractivity contribution >= 4 is 16.3 Å². The molecule has 4 heteroatoms. The summed E-state index contributed by atoms with van der Waals surface area (Å²) in [4.78, 5) is 5.60. The minimum Gasteiger partial charge on any atom is -0.307 e. The fourth-order valence-corrected chi connectivity index (χ4v) is 2.71. The van der Waals surface area contributed by atoms with Crippen LogP contribution in [0.5, 0.6) is 0 Å². The Morgan fingerprint density at radius 3 is 3.00 bits per heavy atom. The minimum absolute atomic E-state index is 0.808. The van der Waals surface area contributed by atoms with E-state index in [9.17, 15) is 0 Å². The second-order valence-corrected chi connectivity index (χ2v) is 5.23. The predicted octanol–water partition coefficient (Wildman–Crippen LogP) is 2.99. The van der Waals surface area contributed by atoms with Crippen molar-refractivity contribution < 1.29 is 0 Å².